The molecule has 3 heterocycles. The summed E-state index contributed by atoms with van der Waals surface area (Å²) in [4.78, 5) is 51.5. The van der Waals surface area contributed by atoms with E-state index in [1.54, 1.807) is 23.4 Å². The number of aromatic nitrogens is 2. The third-order valence-corrected chi connectivity index (χ3v) is 7.02. The lowest BCUT2D eigenvalue weighted by Gasteiger charge is -2.35. The van der Waals surface area contributed by atoms with E-state index in [0.29, 0.717) is 37.7 Å². The molecular weight excluding hydrogens is 448 g/mol. The molecule has 0 aliphatic carbocycles. The Labute approximate surface area is 191 Å². The number of urea groups is 1. The summed E-state index contributed by atoms with van der Waals surface area (Å²) in [5, 5.41) is 2.63. The molecule has 1 aromatic heterocycles. The van der Waals surface area contributed by atoms with Gasteiger partial charge in [-0.25, -0.2) is 23.2 Å². The van der Waals surface area contributed by atoms with Gasteiger partial charge in [0.2, 0.25) is 11.9 Å². The summed E-state index contributed by atoms with van der Waals surface area (Å²) in [6.45, 7) is 3.09. The first-order valence-corrected chi connectivity index (χ1v) is 12.2. The van der Waals surface area contributed by atoms with Crippen molar-refractivity contribution >= 4 is 33.6 Å². The highest BCUT2D eigenvalue weighted by Gasteiger charge is 2.49. The van der Waals surface area contributed by atoms with E-state index in [9.17, 15) is 22.8 Å². The van der Waals surface area contributed by atoms with Crippen LogP contribution in [-0.2, 0) is 25.0 Å². The number of benzene rings is 1. The normalized spacial score (nSPS) is 21.3. The van der Waals surface area contributed by atoms with Crippen LogP contribution in [0.2, 0.25) is 0 Å². The zero-order valence-corrected chi connectivity index (χ0v) is 19.1. The first-order chi connectivity index (χ1) is 15.6. The molecule has 2 fully saturated rings. The summed E-state index contributed by atoms with van der Waals surface area (Å²) >= 11 is 0. The number of hydrogen-bond donors (Lipinski definition) is 1. The average molecular weight is 473 g/mol. The van der Waals surface area contributed by atoms with E-state index in [1.165, 1.54) is 31.2 Å². The second kappa shape index (κ2) is 8.43. The second-order valence-corrected chi connectivity index (χ2v) is 10.2. The third kappa shape index (κ3) is 4.38. The molecule has 0 spiro atoms. The number of imide groups is 1. The van der Waals surface area contributed by atoms with Gasteiger partial charge >= 0.3 is 6.03 Å². The van der Waals surface area contributed by atoms with Crippen molar-refractivity contribution in [2.75, 3.05) is 43.9 Å². The summed E-state index contributed by atoms with van der Waals surface area (Å²) in [6.07, 6.45) is 4.40. The van der Waals surface area contributed by atoms with Gasteiger partial charge in [-0.2, -0.15) is 0 Å². The Kier molecular flexibility index (Phi) is 5.78. The Hall–Kier alpha value is -3.54. The van der Waals surface area contributed by atoms with Crippen molar-refractivity contribution in [3.05, 3.63) is 48.3 Å². The van der Waals surface area contributed by atoms with Crippen molar-refractivity contribution in [3.8, 4) is 0 Å². The van der Waals surface area contributed by atoms with Gasteiger partial charge in [0.1, 0.15) is 12.1 Å². The summed E-state index contributed by atoms with van der Waals surface area (Å²) in [5.74, 6) is -0.301. The summed E-state index contributed by atoms with van der Waals surface area (Å²) < 4.78 is 23.4. The van der Waals surface area contributed by atoms with Crippen molar-refractivity contribution in [2.45, 2.75) is 17.4 Å². The van der Waals surface area contributed by atoms with Gasteiger partial charge in [-0.3, -0.25) is 14.5 Å². The Morgan fingerprint density at radius 3 is 2.24 bits per heavy atom. The Balaban J connectivity index is 1.41. The molecule has 12 heteroatoms. The van der Waals surface area contributed by atoms with Crippen LogP contribution in [0.5, 0.6) is 0 Å². The number of sulfone groups is 1. The van der Waals surface area contributed by atoms with Crippen LogP contribution in [-0.4, -0.2) is 85.0 Å². The van der Waals surface area contributed by atoms with Crippen molar-refractivity contribution in [3.63, 3.8) is 0 Å². The second-order valence-electron chi connectivity index (χ2n) is 8.16. The van der Waals surface area contributed by atoms with E-state index in [2.05, 4.69) is 15.3 Å². The predicted molar refractivity (Wildman–Crippen MR) is 118 cm³/mol. The third-order valence-electron chi connectivity index (χ3n) is 5.90. The number of hydrogen-bond acceptors (Lipinski definition) is 8. The van der Waals surface area contributed by atoms with Crippen molar-refractivity contribution < 1.29 is 22.8 Å². The molecule has 4 amide bonds. The molecule has 0 unspecified atom stereocenters. The lowest BCUT2D eigenvalue weighted by Crippen LogP contribution is -2.52. The standard InChI is InChI=1S/C21H24N6O5S/c1-21(15-4-6-16(7-5-15)33(2,31)32)18(29)27(20(30)24-21)14-17(28)25-10-12-26(13-11-25)19-22-8-3-9-23-19/h3-9H,10-14H2,1-2H3,(H,24,30)/t21-/m1/s1. The fourth-order valence-electron chi connectivity index (χ4n) is 3.92. The maximum Gasteiger partial charge on any atom is 0.325 e. The zero-order chi connectivity index (χ0) is 23.8. The average Bonchev–Trinajstić information content (AvgIpc) is 3.03. The highest BCUT2D eigenvalue weighted by atomic mass is 32.2. The summed E-state index contributed by atoms with van der Waals surface area (Å²) in [6, 6.07) is 6.82. The number of nitrogens with one attached hydrogen (secondary N) is 1. The van der Waals surface area contributed by atoms with E-state index in [-0.39, 0.29) is 17.3 Å². The van der Waals surface area contributed by atoms with E-state index >= 15 is 0 Å². The molecule has 11 nitrogen and oxygen atoms in total. The Morgan fingerprint density at radius 1 is 1.06 bits per heavy atom. The quantitative estimate of drug-likeness (QED) is 0.601. The largest absolute Gasteiger partial charge is 0.338 e. The van der Waals surface area contributed by atoms with Gasteiger partial charge in [0.05, 0.1) is 4.90 Å². The first-order valence-electron chi connectivity index (χ1n) is 10.3. The molecule has 2 saturated heterocycles. The zero-order valence-electron chi connectivity index (χ0n) is 18.3. The fourth-order valence-corrected chi connectivity index (χ4v) is 4.55. The van der Waals surface area contributed by atoms with Crippen molar-refractivity contribution in [1.29, 1.82) is 0 Å². The van der Waals surface area contributed by atoms with Gasteiger partial charge in [-0.05, 0) is 30.7 Å². The molecule has 0 saturated carbocycles. The van der Waals surface area contributed by atoms with Crippen LogP contribution in [0.15, 0.2) is 47.6 Å². The molecule has 2 aliphatic heterocycles. The monoisotopic (exact) mass is 472 g/mol. The fraction of sp³-hybridized carbons (Fsp3) is 0.381. The molecule has 2 aliphatic rings. The number of amides is 4. The first kappa shape index (κ1) is 22.6. The van der Waals surface area contributed by atoms with E-state index in [4.69, 9.17) is 0 Å². The molecule has 1 N–H and O–H groups in total. The number of carbonyl (C=O) groups is 3. The number of anilines is 1. The maximum atomic E-state index is 13.1. The van der Waals surface area contributed by atoms with Gasteiger partial charge in [0.15, 0.2) is 9.84 Å². The van der Waals surface area contributed by atoms with E-state index < -0.39 is 27.3 Å². The molecule has 4 rings (SSSR count). The molecule has 33 heavy (non-hydrogen) atoms. The number of piperazine rings is 1. The molecule has 174 valence electrons. The smallest absolute Gasteiger partial charge is 0.325 e. The minimum atomic E-state index is -3.39. The summed E-state index contributed by atoms with van der Waals surface area (Å²) in [5.41, 5.74) is -0.962. The number of rotatable bonds is 5. The predicted octanol–water partition coefficient (Wildman–Crippen LogP) is -0.00410. The van der Waals surface area contributed by atoms with Crippen LogP contribution in [0.1, 0.15) is 12.5 Å². The Morgan fingerprint density at radius 2 is 1.67 bits per heavy atom. The maximum absolute atomic E-state index is 13.1. The van der Waals surface area contributed by atoms with Crippen LogP contribution in [0.3, 0.4) is 0 Å². The highest BCUT2D eigenvalue weighted by molar-refractivity contribution is 7.90. The topological polar surface area (TPSA) is 133 Å². The van der Waals surface area contributed by atoms with Crippen LogP contribution in [0.4, 0.5) is 10.7 Å². The molecule has 1 atom stereocenters. The van der Waals surface area contributed by atoms with Crippen LogP contribution in [0.25, 0.3) is 0 Å². The number of nitrogens with zero attached hydrogens (tertiary/aromatic N) is 5. The molecule has 1 aromatic carbocycles. The number of carbonyl (C=O) groups excluding carboxylic acids is 3. The minimum absolute atomic E-state index is 0.110. The Bertz CT molecular complexity index is 1180. The SMILES string of the molecule is C[C@]1(c2ccc(S(C)(=O)=O)cc2)NC(=O)N(CC(=O)N2CCN(c3ncccn3)CC2)C1=O. The van der Waals surface area contributed by atoms with Gasteiger partial charge in [-0.15, -0.1) is 0 Å². The van der Waals surface area contributed by atoms with Crippen molar-refractivity contribution in [1.82, 2.24) is 25.1 Å². The van der Waals surface area contributed by atoms with Crippen molar-refractivity contribution in [2.24, 2.45) is 0 Å². The highest BCUT2D eigenvalue weighted by Crippen LogP contribution is 2.29. The van der Waals surface area contributed by atoms with Gasteiger partial charge < -0.3 is 15.1 Å². The van der Waals surface area contributed by atoms with E-state index in [1.807, 2.05) is 4.90 Å². The minimum Gasteiger partial charge on any atom is -0.338 e. The van der Waals surface area contributed by atoms with Gasteiger partial charge in [0.25, 0.3) is 5.91 Å². The lowest BCUT2D eigenvalue weighted by molar-refractivity contribution is -0.139. The molecular formula is C21H24N6O5S. The van der Waals surface area contributed by atoms with Crippen LogP contribution in [0, 0.1) is 0 Å². The molecule has 2 aromatic rings. The van der Waals surface area contributed by atoms with Gasteiger partial charge in [-0.1, -0.05) is 12.1 Å². The van der Waals surface area contributed by atoms with Crippen LogP contribution < -0.4 is 10.2 Å². The van der Waals surface area contributed by atoms with Gasteiger partial charge in [0, 0.05) is 44.8 Å². The lowest BCUT2D eigenvalue weighted by atomic mass is 9.92. The van der Waals surface area contributed by atoms with E-state index in [0.717, 1.165) is 11.2 Å². The molecule has 0 radical (unpaired) electrons. The molecule has 0 bridgehead atoms. The van der Waals surface area contributed by atoms with Crippen LogP contribution >= 0.6 is 0 Å². The summed E-state index contributed by atoms with van der Waals surface area (Å²) in [7, 11) is -3.39.